The van der Waals surface area contributed by atoms with Crippen molar-refractivity contribution in [3.63, 3.8) is 0 Å². The molecule has 2 heterocycles. The Morgan fingerprint density at radius 3 is 2.41 bits per heavy atom. The number of rotatable bonds is 5. The van der Waals surface area contributed by atoms with Crippen LogP contribution >= 0.6 is 23.6 Å². The van der Waals surface area contributed by atoms with E-state index >= 15 is 0 Å². The molecule has 5 rings (SSSR count). The van der Waals surface area contributed by atoms with Gasteiger partial charge < -0.3 is 15.0 Å². The van der Waals surface area contributed by atoms with E-state index in [1.807, 2.05) is 50.4 Å². The number of fused-ring (bicyclic) bond motifs is 1. The topological polar surface area (TPSA) is 70.0 Å². The van der Waals surface area contributed by atoms with Gasteiger partial charge in [0.05, 0.1) is 9.20 Å². The molecule has 0 fully saturated rings. The molecule has 2 N–H and O–H groups in total. The molecular weight excluding hydrogens is 462 g/mol. The monoisotopic (exact) mass is 485 g/mol. The number of benzene rings is 3. The summed E-state index contributed by atoms with van der Waals surface area (Å²) in [6.45, 7) is 6.45. The average Bonchev–Trinajstić information content (AvgIpc) is 3.38. The molecule has 8 heteroatoms. The molecule has 3 aromatic carbocycles. The lowest BCUT2D eigenvalue weighted by Gasteiger charge is -2.21. The van der Waals surface area contributed by atoms with E-state index in [-0.39, 0.29) is 5.75 Å². The van der Waals surface area contributed by atoms with Crippen LogP contribution in [-0.2, 0) is 6.54 Å². The molecule has 0 aliphatic carbocycles. The molecule has 0 saturated heterocycles. The van der Waals surface area contributed by atoms with Crippen molar-refractivity contribution in [3.8, 4) is 11.4 Å². The lowest BCUT2D eigenvalue weighted by atomic mass is 10.1. The van der Waals surface area contributed by atoms with Gasteiger partial charge in [0.2, 0.25) is 0 Å². The van der Waals surface area contributed by atoms with Gasteiger partial charge in [-0.15, -0.1) is 26.3 Å². The van der Waals surface area contributed by atoms with Gasteiger partial charge in [-0.3, -0.25) is 0 Å². The maximum atomic E-state index is 11.1. The lowest BCUT2D eigenvalue weighted by Crippen LogP contribution is -2.17. The van der Waals surface area contributed by atoms with E-state index < -0.39 is 0 Å². The first-order valence-electron chi connectivity index (χ1n) is 10.7. The Labute approximate surface area is 205 Å². The third kappa shape index (κ3) is 4.37. The van der Waals surface area contributed by atoms with Crippen LogP contribution in [0.25, 0.3) is 29.4 Å². The highest BCUT2D eigenvalue weighted by Crippen LogP contribution is 2.30. The quantitative estimate of drug-likeness (QED) is 0.361. The van der Waals surface area contributed by atoms with Crippen molar-refractivity contribution < 1.29 is 5.11 Å². The first kappa shape index (κ1) is 22.1. The maximum Gasteiger partial charge on any atom is 0.148 e. The lowest BCUT2D eigenvalue weighted by molar-refractivity contribution is 0.460. The van der Waals surface area contributed by atoms with Crippen LogP contribution in [0.4, 0.5) is 5.69 Å². The third-order valence-electron chi connectivity index (χ3n) is 5.56. The number of aromatic amines is 1. The summed E-state index contributed by atoms with van der Waals surface area (Å²) in [5.41, 5.74) is 6.08. The molecule has 5 aromatic rings. The molecule has 6 nitrogen and oxygen atoms in total. The molecule has 170 valence electrons. The van der Waals surface area contributed by atoms with Crippen LogP contribution in [0.3, 0.4) is 0 Å². The van der Waals surface area contributed by atoms with E-state index in [1.54, 1.807) is 11.3 Å². The van der Waals surface area contributed by atoms with Gasteiger partial charge in [0.1, 0.15) is 27.1 Å². The maximum absolute atomic E-state index is 11.1. The summed E-state index contributed by atoms with van der Waals surface area (Å²) in [6, 6.07) is 19.8. The molecule has 0 aliphatic rings. The average molecular weight is 486 g/mol. The number of aromatic nitrogens is 4. The minimum absolute atomic E-state index is 0.179. The van der Waals surface area contributed by atoms with Crippen LogP contribution in [0.1, 0.15) is 16.7 Å². The normalized spacial score (nSPS) is 11.9. The highest BCUT2D eigenvalue weighted by Gasteiger charge is 2.15. The number of nitrogens with one attached hydrogen (secondary N) is 1. The molecule has 34 heavy (non-hydrogen) atoms. The Hall–Kier alpha value is -3.75. The van der Waals surface area contributed by atoms with Crippen molar-refractivity contribution in [3.05, 3.63) is 91.2 Å². The summed E-state index contributed by atoms with van der Waals surface area (Å²) in [4.78, 5) is 6.67. The number of hydrogen-bond acceptors (Lipinski definition) is 6. The first-order valence-corrected chi connectivity index (χ1v) is 12.0. The van der Waals surface area contributed by atoms with Crippen LogP contribution in [0.2, 0.25) is 0 Å². The number of aryl methyl sites for hydroxylation is 1. The summed E-state index contributed by atoms with van der Waals surface area (Å²) in [6.07, 6.45) is 2.06. The van der Waals surface area contributed by atoms with E-state index in [0.29, 0.717) is 16.9 Å². The zero-order chi connectivity index (χ0) is 23.8. The third-order valence-corrected chi connectivity index (χ3v) is 6.91. The van der Waals surface area contributed by atoms with Crippen molar-refractivity contribution in [2.24, 2.45) is 0 Å². The van der Waals surface area contributed by atoms with Gasteiger partial charge in [0.15, 0.2) is 0 Å². The molecule has 0 unspecified atom stereocenters. The minimum atomic E-state index is 0.179. The smallest absolute Gasteiger partial charge is 0.148 e. The Bertz CT molecular complexity index is 1630. The first-order chi connectivity index (χ1) is 16.4. The molecule has 0 spiro atoms. The van der Waals surface area contributed by atoms with Crippen molar-refractivity contribution in [1.29, 1.82) is 0 Å². The van der Waals surface area contributed by atoms with Crippen molar-refractivity contribution >= 4 is 52.9 Å². The van der Waals surface area contributed by atoms with Crippen LogP contribution in [-0.4, -0.2) is 32.1 Å². The standard InChI is InChI=1S/C26H23N5OS2/c1-16-12-19(25(32)23(13-16)31-28-21-6-4-5-7-22(21)29-31)15-30(3)20-10-8-18(9-11-20)14-24-26(33)27-17(2)34-24/h4-14,32H,2,15H2,1,3H3,(H,27,33)/b24-14-. The van der Waals surface area contributed by atoms with Gasteiger partial charge in [0, 0.05) is 24.8 Å². The minimum Gasteiger partial charge on any atom is -0.505 e. The van der Waals surface area contributed by atoms with Crippen molar-refractivity contribution in [1.82, 2.24) is 20.0 Å². The van der Waals surface area contributed by atoms with Crippen LogP contribution in [0.5, 0.6) is 5.75 Å². The Morgan fingerprint density at radius 2 is 1.79 bits per heavy atom. The fourth-order valence-electron chi connectivity index (χ4n) is 3.88. The zero-order valence-corrected chi connectivity index (χ0v) is 20.5. The van der Waals surface area contributed by atoms with Crippen molar-refractivity contribution in [2.75, 3.05) is 11.9 Å². The fourth-order valence-corrected chi connectivity index (χ4v) is 5.01. The predicted molar refractivity (Wildman–Crippen MR) is 142 cm³/mol. The fraction of sp³-hybridized carbons (Fsp3) is 0.115. The number of anilines is 1. The highest BCUT2D eigenvalue weighted by atomic mass is 32.1. The summed E-state index contributed by atoms with van der Waals surface area (Å²) in [5, 5.41) is 20.1. The van der Waals surface area contributed by atoms with E-state index in [0.717, 1.165) is 42.6 Å². The number of nitrogens with zero attached hydrogens (tertiary/aromatic N) is 4. The number of hydrogen-bond donors (Lipinski definition) is 2. The SMILES string of the molecule is C=c1[nH]c(=S)/c(=C/c2ccc(N(C)Cc3cc(C)cc(-n4nc5ccccc5n4)c3O)cc2)s1. The van der Waals surface area contributed by atoms with Gasteiger partial charge in [-0.05, 0) is 54.5 Å². The second-order valence-electron chi connectivity index (χ2n) is 8.21. The number of aromatic hydroxyl groups is 1. The summed E-state index contributed by atoms with van der Waals surface area (Å²) in [5.74, 6) is 0.179. The number of phenolic OH excluding ortho intramolecular Hbond substituents is 1. The predicted octanol–water partition coefficient (Wildman–Crippen LogP) is 4.43. The van der Waals surface area contributed by atoms with E-state index in [4.69, 9.17) is 12.2 Å². The van der Waals surface area contributed by atoms with Gasteiger partial charge in [-0.2, -0.15) is 0 Å². The molecule has 0 saturated carbocycles. The second-order valence-corrected chi connectivity index (χ2v) is 9.75. The molecule has 0 aliphatic heterocycles. The summed E-state index contributed by atoms with van der Waals surface area (Å²) in [7, 11) is 2.01. The van der Waals surface area contributed by atoms with Crippen LogP contribution < -0.4 is 14.1 Å². The summed E-state index contributed by atoms with van der Waals surface area (Å²) >= 11 is 6.89. The zero-order valence-electron chi connectivity index (χ0n) is 18.8. The van der Waals surface area contributed by atoms with E-state index in [9.17, 15) is 5.11 Å². The largest absolute Gasteiger partial charge is 0.505 e. The van der Waals surface area contributed by atoms with Gasteiger partial charge in [-0.1, -0.05) is 49.1 Å². The number of phenols is 1. The Balaban J connectivity index is 1.42. The van der Waals surface area contributed by atoms with E-state index in [2.05, 4.69) is 57.0 Å². The Kier molecular flexibility index (Phi) is 5.77. The molecule has 0 atom stereocenters. The van der Waals surface area contributed by atoms with Crippen LogP contribution in [0.15, 0.2) is 60.7 Å². The second kappa shape index (κ2) is 8.89. The van der Waals surface area contributed by atoms with Crippen LogP contribution in [0, 0.1) is 11.6 Å². The van der Waals surface area contributed by atoms with Gasteiger partial charge in [-0.25, -0.2) is 0 Å². The molecule has 0 amide bonds. The summed E-state index contributed by atoms with van der Waals surface area (Å²) < 4.78 is 2.56. The van der Waals surface area contributed by atoms with Gasteiger partial charge >= 0.3 is 0 Å². The molecular formula is C26H23N5OS2. The number of thiazole rings is 1. The molecule has 0 bridgehead atoms. The molecule has 0 radical (unpaired) electrons. The van der Waals surface area contributed by atoms with Crippen molar-refractivity contribution in [2.45, 2.75) is 13.5 Å². The highest BCUT2D eigenvalue weighted by molar-refractivity contribution is 7.71. The van der Waals surface area contributed by atoms with Gasteiger partial charge in [0.25, 0.3) is 0 Å². The van der Waals surface area contributed by atoms with E-state index in [1.165, 1.54) is 4.80 Å². The molecule has 2 aromatic heterocycles. The number of H-pyrrole nitrogens is 1. The Morgan fingerprint density at radius 1 is 1.12 bits per heavy atom.